The molecule has 1 aliphatic heterocycles. The number of carboxylic acid groups (broad SMARTS) is 2. The largest absolute Gasteiger partial charge is 0.481 e. The minimum absolute atomic E-state index is 0.0253. The number of likely N-dealkylation sites (N-methyl/N-ethyl adjacent to an activating group) is 1. The molecule has 0 saturated heterocycles. The molecule has 0 fully saturated rings. The molecule has 0 radical (unpaired) electrons. The van der Waals surface area contributed by atoms with Gasteiger partial charge in [0.15, 0.2) is 11.6 Å². The van der Waals surface area contributed by atoms with E-state index in [2.05, 4.69) is 25.9 Å². The number of fused-ring (bicyclic) bond motifs is 1. The monoisotopic (exact) mass is 459 g/mol. The zero-order valence-electron chi connectivity index (χ0n) is 17.8. The number of nitrogens with two attached hydrogens (primary N) is 1. The first-order valence-corrected chi connectivity index (χ1v) is 10.1. The lowest BCUT2D eigenvalue weighted by atomic mass is 10.1. The van der Waals surface area contributed by atoms with Gasteiger partial charge in [0.1, 0.15) is 17.9 Å². The van der Waals surface area contributed by atoms with Crippen LogP contribution >= 0.6 is 0 Å². The molecule has 0 aliphatic carbocycles. The number of rotatable bonds is 10. The lowest BCUT2D eigenvalue weighted by Gasteiger charge is -2.36. The highest BCUT2D eigenvalue weighted by Crippen LogP contribution is 2.25. The molecule has 0 saturated carbocycles. The van der Waals surface area contributed by atoms with Crippen LogP contribution in [0.3, 0.4) is 0 Å². The van der Waals surface area contributed by atoms with Crippen molar-refractivity contribution in [1.29, 1.82) is 0 Å². The number of benzene rings is 1. The fourth-order valence-corrected chi connectivity index (χ4v) is 3.41. The van der Waals surface area contributed by atoms with Crippen LogP contribution in [0.15, 0.2) is 29.1 Å². The molecular formula is C20H25N7O6. The molecule has 13 nitrogen and oxygen atoms in total. The number of nitrogens with one attached hydrogen (secondary N) is 4. The molecule has 0 bridgehead atoms. The number of nitrogens with zero attached hydrogens (tertiary/aromatic N) is 2. The Morgan fingerprint density at radius 3 is 2.61 bits per heavy atom. The summed E-state index contributed by atoms with van der Waals surface area (Å²) in [6.45, 7) is 0.200. The highest BCUT2D eigenvalue weighted by molar-refractivity contribution is 5.98. The van der Waals surface area contributed by atoms with Crippen LogP contribution in [-0.4, -0.2) is 70.2 Å². The molecule has 1 unspecified atom stereocenters. The van der Waals surface area contributed by atoms with Crippen LogP contribution < -0.4 is 32.1 Å². The number of ketones is 1. The SMILES string of the molecule is CN1c2c(nc(N)[nH]c2=O)NC[C@@H]1Nc1ccc(C(=O)CNC(CCC(=O)O)C(=O)O)cc1. The Balaban J connectivity index is 1.60. The molecule has 1 aromatic heterocycles. The number of aromatic nitrogens is 2. The van der Waals surface area contributed by atoms with Crippen molar-refractivity contribution in [2.75, 3.05) is 41.4 Å². The molecule has 1 aromatic carbocycles. The third-order valence-corrected chi connectivity index (χ3v) is 5.19. The summed E-state index contributed by atoms with van der Waals surface area (Å²) in [6, 6.07) is 5.45. The fraction of sp³-hybridized carbons (Fsp3) is 0.350. The van der Waals surface area contributed by atoms with Crippen molar-refractivity contribution in [3.05, 3.63) is 40.2 Å². The van der Waals surface area contributed by atoms with E-state index < -0.39 is 18.0 Å². The third kappa shape index (κ3) is 5.77. The number of hydrogen-bond donors (Lipinski definition) is 7. The van der Waals surface area contributed by atoms with E-state index >= 15 is 0 Å². The number of aromatic amines is 1. The summed E-state index contributed by atoms with van der Waals surface area (Å²) in [5, 5.41) is 26.8. The van der Waals surface area contributed by atoms with E-state index in [0.717, 1.165) is 0 Å². The fourth-order valence-electron chi connectivity index (χ4n) is 3.41. The summed E-state index contributed by atoms with van der Waals surface area (Å²) >= 11 is 0. The molecule has 2 heterocycles. The maximum Gasteiger partial charge on any atom is 0.320 e. The van der Waals surface area contributed by atoms with E-state index in [4.69, 9.17) is 15.9 Å². The summed E-state index contributed by atoms with van der Waals surface area (Å²) in [5.74, 6) is -2.23. The van der Waals surface area contributed by atoms with Gasteiger partial charge in [0.2, 0.25) is 5.95 Å². The van der Waals surface area contributed by atoms with Gasteiger partial charge in [0.25, 0.3) is 5.56 Å². The standard InChI is InChI=1S/C20H25N7O6/c1-27-14(9-23-17-16(27)18(31)26-20(21)25-17)24-11-4-2-10(3-5-11)13(28)8-22-12(19(32)33)6-7-15(29)30/h2-5,12,14,22,24H,6-9H2,1H3,(H,29,30)(H,32,33)(H4,21,23,25,26,31)/t12?,14-/m1/s1. The Morgan fingerprint density at radius 1 is 1.27 bits per heavy atom. The number of carbonyl (C=O) groups excluding carboxylic acids is 1. The van der Waals surface area contributed by atoms with E-state index in [0.29, 0.717) is 29.3 Å². The van der Waals surface area contributed by atoms with Crippen LogP contribution in [-0.2, 0) is 9.59 Å². The lowest BCUT2D eigenvalue weighted by Crippen LogP contribution is -2.49. The van der Waals surface area contributed by atoms with Crippen molar-refractivity contribution in [1.82, 2.24) is 15.3 Å². The van der Waals surface area contributed by atoms with Crippen molar-refractivity contribution < 1.29 is 24.6 Å². The molecule has 2 atom stereocenters. The highest BCUT2D eigenvalue weighted by atomic mass is 16.4. The first kappa shape index (κ1) is 23.5. The topological polar surface area (TPSA) is 203 Å². The quantitative estimate of drug-likeness (QED) is 0.230. The predicted molar refractivity (Wildman–Crippen MR) is 121 cm³/mol. The molecule has 0 spiro atoms. The van der Waals surface area contributed by atoms with Gasteiger partial charge in [-0.25, -0.2) is 0 Å². The van der Waals surface area contributed by atoms with Crippen LogP contribution in [0.4, 0.5) is 23.1 Å². The third-order valence-electron chi connectivity index (χ3n) is 5.19. The van der Waals surface area contributed by atoms with Crippen molar-refractivity contribution in [2.24, 2.45) is 0 Å². The van der Waals surface area contributed by atoms with Gasteiger partial charge >= 0.3 is 11.9 Å². The van der Waals surface area contributed by atoms with Gasteiger partial charge in [-0.15, -0.1) is 0 Å². The first-order valence-electron chi connectivity index (χ1n) is 10.1. The van der Waals surface area contributed by atoms with E-state index in [-0.39, 0.29) is 42.8 Å². The van der Waals surface area contributed by atoms with Gasteiger partial charge in [-0.2, -0.15) is 4.98 Å². The van der Waals surface area contributed by atoms with Crippen LogP contribution in [0.25, 0.3) is 0 Å². The number of anilines is 4. The lowest BCUT2D eigenvalue weighted by molar-refractivity contribution is -0.140. The van der Waals surface area contributed by atoms with Crippen molar-refractivity contribution >= 4 is 40.9 Å². The Morgan fingerprint density at radius 2 is 1.97 bits per heavy atom. The van der Waals surface area contributed by atoms with Gasteiger partial charge in [0, 0.05) is 24.7 Å². The number of Topliss-reactive ketones (excluding diaryl/α,β-unsaturated/α-hetero) is 1. The van der Waals surface area contributed by atoms with Crippen LogP contribution in [0.5, 0.6) is 0 Å². The Kier molecular flexibility index (Phi) is 7.13. The summed E-state index contributed by atoms with van der Waals surface area (Å²) in [7, 11) is 1.75. The number of aliphatic carboxylic acids is 2. The molecule has 1 aliphatic rings. The zero-order chi connectivity index (χ0) is 24.1. The summed E-state index contributed by atoms with van der Waals surface area (Å²) < 4.78 is 0. The maximum atomic E-state index is 12.4. The van der Waals surface area contributed by atoms with Crippen LogP contribution in [0.1, 0.15) is 23.2 Å². The number of H-pyrrole nitrogens is 1. The smallest absolute Gasteiger partial charge is 0.320 e. The zero-order valence-corrected chi connectivity index (χ0v) is 17.8. The molecule has 176 valence electrons. The maximum absolute atomic E-state index is 12.4. The van der Waals surface area contributed by atoms with E-state index in [1.807, 2.05) is 0 Å². The van der Waals surface area contributed by atoms with Gasteiger partial charge in [0.05, 0.1) is 13.1 Å². The summed E-state index contributed by atoms with van der Waals surface area (Å²) in [4.78, 5) is 54.8. The van der Waals surface area contributed by atoms with E-state index in [9.17, 15) is 19.2 Å². The molecule has 3 rings (SSSR count). The van der Waals surface area contributed by atoms with Crippen molar-refractivity contribution in [3.8, 4) is 0 Å². The molecular weight excluding hydrogens is 434 g/mol. The van der Waals surface area contributed by atoms with Crippen LogP contribution in [0, 0.1) is 0 Å². The summed E-state index contributed by atoms with van der Waals surface area (Å²) in [5.41, 5.74) is 6.63. The second-order valence-electron chi connectivity index (χ2n) is 7.50. The van der Waals surface area contributed by atoms with Gasteiger partial charge in [-0.3, -0.25) is 29.5 Å². The average molecular weight is 459 g/mol. The van der Waals surface area contributed by atoms with E-state index in [1.54, 1.807) is 36.2 Å². The molecule has 0 amide bonds. The van der Waals surface area contributed by atoms with Crippen LogP contribution in [0.2, 0.25) is 0 Å². The Bertz CT molecular complexity index is 1100. The molecule has 2 aromatic rings. The van der Waals surface area contributed by atoms with Crippen molar-refractivity contribution in [3.63, 3.8) is 0 Å². The summed E-state index contributed by atoms with van der Waals surface area (Å²) in [6.07, 6.45) is -0.724. The number of nitrogen functional groups attached to an aromatic ring is 1. The van der Waals surface area contributed by atoms with Gasteiger partial charge in [-0.1, -0.05) is 0 Å². The second kappa shape index (κ2) is 9.99. The minimum atomic E-state index is -1.22. The minimum Gasteiger partial charge on any atom is -0.481 e. The van der Waals surface area contributed by atoms with Gasteiger partial charge in [-0.05, 0) is 30.7 Å². The molecule has 8 N–H and O–H groups in total. The van der Waals surface area contributed by atoms with Crippen molar-refractivity contribution in [2.45, 2.75) is 25.0 Å². The normalized spacial score (nSPS) is 15.8. The second-order valence-corrected chi connectivity index (χ2v) is 7.50. The first-order chi connectivity index (χ1) is 15.7. The highest BCUT2D eigenvalue weighted by Gasteiger charge is 2.27. The van der Waals surface area contributed by atoms with Gasteiger partial charge < -0.3 is 31.5 Å². The Labute approximate surface area is 188 Å². The number of carboxylic acids is 2. The Hall–Kier alpha value is -4.13. The molecule has 33 heavy (non-hydrogen) atoms. The predicted octanol–water partition coefficient (Wildman–Crippen LogP) is -0.258. The number of hydrogen-bond acceptors (Lipinski definition) is 10. The average Bonchev–Trinajstić information content (AvgIpc) is 2.75. The molecule has 13 heteroatoms. The number of carbonyl (C=O) groups is 3. The van der Waals surface area contributed by atoms with E-state index in [1.165, 1.54) is 0 Å².